The minimum atomic E-state index is -3.18. The molecule has 0 radical (unpaired) electrons. The van der Waals surface area contributed by atoms with Crippen LogP contribution in [0.15, 0.2) is 40.1 Å². The molecule has 5 atom stereocenters. The van der Waals surface area contributed by atoms with Crippen molar-refractivity contribution >= 4 is 0 Å². The van der Waals surface area contributed by atoms with Crippen molar-refractivity contribution in [3.63, 3.8) is 0 Å². The summed E-state index contributed by atoms with van der Waals surface area (Å²) in [4.78, 5) is 26.5. The second-order valence-electron chi connectivity index (χ2n) is 7.93. The smallest absolute Gasteiger partial charge is 0.332 e. The van der Waals surface area contributed by atoms with E-state index in [4.69, 9.17) is 4.74 Å². The molecule has 2 heterocycles. The van der Waals surface area contributed by atoms with Crippen molar-refractivity contribution in [2.45, 2.75) is 50.2 Å². The molecule has 1 saturated heterocycles. The maximum absolute atomic E-state index is 13.2. The van der Waals surface area contributed by atoms with Gasteiger partial charge in [-0.15, -0.1) is 5.06 Å². The molecule has 2 aromatic rings. The van der Waals surface area contributed by atoms with Crippen LogP contribution in [0.2, 0.25) is 0 Å². The zero-order valence-corrected chi connectivity index (χ0v) is 17.5. The summed E-state index contributed by atoms with van der Waals surface area (Å²) in [6.07, 6.45) is -2.95. The summed E-state index contributed by atoms with van der Waals surface area (Å²) in [6.45, 7) is 0.860. The van der Waals surface area contributed by atoms with Crippen LogP contribution < -0.4 is 11.2 Å². The van der Waals surface area contributed by atoms with E-state index in [1.807, 2.05) is 4.98 Å². The van der Waals surface area contributed by atoms with E-state index in [1.54, 1.807) is 31.2 Å². The maximum Gasteiger partial charge on any atom is 0.332 e. The van der Waals surface area contributed by atoms with Gasteiger partial charge in [0.2, 0.25) is 5.72 Å². The molecule has 1 aliphatic heterocycles. The van der Waals surface area contributed by atoms with Crippen LogP contribution in [0.3, 0.4) is 0 Å². The van der Waals surface area contributed by atoms with E-state index < -0.39 is 60.8 Å². The lowest BCUT2D eigenvalue weighted by atomic mass is 9.99. The van der Waals surface area contributed by atoms with Crippen molar-refractivity contribution in [3.05, 3.63) is 68.0 Å². The number of rotatable bonds is 7. The van der Waals surface area contributed by atoms with Gasteiger partial charge in [0, 0.05) is 17.7 Å². The number of benzene rings is 1. The van der Waals surface area contributed by atoms with Crippen molar-refractivity contribution in [2.24, 2.45) is 0 Å². The molecule has 0 saturated carbocycles. The van der Waals surface area contributed by atoms with Gasteiger partial charge < -0.3 is 30.4 Å². The van der Waals surface area contributed by atoms with Gasteiger partial charge in [-0.05, 0) is 12.5 Å². The number of hydrogen-bond acceptors (Lipinski definition) is 9. The van der Waals surface area contributed by atoms with Crippen LogP contribution in [-0.2, 0) is 17.2 Å². The highest BCUT2D eigenvalue weighted by Gasteiger charge is 2.70. The standard InChI is InChI=1S/C20H26FN3O8/c1-11-4-3-5-13(6-11)8-24(31)19(29)16(26)15(10-25)32-20(19,30)23-9-14(12(2)7-21)17(27)22-18(23)28/h3-6,9,12,15-16,25-26,29-31H,7-8,10H2,1-2H3,(H,22,27,28)/t12?,15-,16-,19-,20-/m1/s1. The Morgan fingerprint density at radius 3 is 2.62 bits per heavy atom. The largest absolute Gasteiger partial charge is 0.394 e. The Kier molecular flexibility index (Phi) is 6.67. The number of halogens is 1. The first-order chi connectivity index (χ1) is 15.0. The molecule has 6 N–H and O–H groups in total. The molecule has 12 heteroatoms. The predicted molar refractivity (Wildman–Crippen MR) is 107 cm³/mol. The third kappa shape index (κ3) is 3.79. The molecule has 176 valence electrons. The van der Waals surface area contributed by atoms with Gasteiger partial charge in [0.1, 0.15) is 12.2 Å². The lowest BCUT2D eigenvalue weighted by molar-refractivity contribution is -0.413. The highest BCUT2D eigenvalue weighted by atomic mass is 19.1. The van der Waals surface area contributed by atoms with Crippen LogP contribution in [0.1, 0.15) is 29.5 Å². The quantitative estimate of drug-likeness (QED) is 0.223. The molecule has 1 aromatic carbocycles. The minimum absolute atomic E-state index is 0.178. The summed E-state index contributed by atoms with van der Waals surface area (Å²) >= 11 is 0. The Hall–Kier alpha value is -2.45. The van der Waals surface area contributed by atoms with Crippen LogP contribution in [0.4, 0.5) is 4.39 Å². The molecule has 0 spiro atoms. The Balaban J connectivity index is 2.16. The van der Waals surface area contributed by atoms with Gasteiger partial charge in [0.15, 0.2) is 0 Å². The average molecular weight is 455 g/mol. The SMILES string of the molecule is Cc1cccc(CN(O)[C@@]2(O)[C@H](O)[C@@H](CO)O[C@@]2(O)n2cc(C(C)CF)c(=O)[nH]c2=O)c1. The first kappa shape index (κ1) is 24.2. The molecule has 3 rings (SSSR count). The molecule has 1 aliphatic rings. The molecule has 1 unspecified atom stereocenters. The number of aryl methyl sites for hydroxylation is 1. The van der Waals surface area contributed by atoms with Crippen molar-refractivity contribution in [1.29, 1.82) is 0 Å². The summed E-state index contributed by atoms with van der Waals surface area (Å²) in [6, 6.07) is 6.76. The van der Waals surface area contributed by atoms with E-state index in [0.717, 1.165) is 11.8 Å². The number of hydrogen-bond donors (Lipinski definition) is 6. The molecular formula is C20H26FN3O8. The van der Waals surface area contributed by atoms with Crippen molar-refractivity contribution in [2.75, 3.05) is 13.3 Å². The number of alkyl halides is 1. The summed E-state index contributed by atoms with van der Waals surface area (Å²) in [5, 5.41) is 53.8. The van der Waals surface area contributed by atoms with Crippen LogP contribution in [-0.4, -0.2) is 71.5 Å². The number of ether oxygens (including phenoxy) is 1. The van der Waals surface area contributed by atoms with E-state index in [1.165, 1.54) is 6.92 Å². The fourth-order valence-electron chi connectivity index (χ4n) is 3.76. The van der Waals surface area contributed by atoms with E-state index in [0.29, 0.717) is 10.1 Å². The maximum atomic E-state index is 13.2. The number of hydroxylamine groups is 2. The topological polar surface area (TPSA) is 168 Å². The fraction of sp³-hybridized carbons (Fsp3) is 0.500. The Morgan fingerprint density at radius 2 is 2.03 bits per heavy atom. The van der Waals surface area contributed by atoms with Crippen LogP contribution in [0.5, 0.6) is 0 Å². The van der Waals surface area contributed by atoms with Crippen molar-refractivity contribution in [3.8, 4) is 0 Å². The molecule has 1 aromatic heterocycles. The number of aromatic amines is 1. The third-order valence-corrected chi connectivity index (χ3v) is 5.61. The Morgan fingerprint density at radius 1 is 1.34 bits per heavy atom. The number of H-pyrrole nitrogens is 1. The summed E-state index contributed by atoms with van der Waals surface area (Å²) < 4.78 is 18.8. The second-order valence-corrected chi connectivity index (χ2v) is 7.93. The zero-order valence-electron chi connectivity index (χ0n) is 17.5. The number of aliphatic hydroxyl groups is 4. The summed E-state index contributed by atoms with van der Waals surface area (Å²) in [5.41, 5.74) is -4.21. The lowest BCUT2D eigenvalue weighted by Gasteiger charge is -2.42. The summed E-state index contributed by atoms with van der Waals surface area (Å²) in [7, 11) is 0. The van der Waals surface area contributed by atoms with Gasteiger partial charge in [-0.3, -0.25) is 14.2 Å². The molecular weight excluding hydrogens is 429 g/mol. The Bertz CT molecular complexity index is 1090. The van der Waals surface area contributed by atoms with Crippen LogP contribution in [0, 0.1) is 6.92 Å². The fourth-order valence-corrected chi connectivity index (χ4v) is 3.76. The van der Waals surface area contributed by atoms with Crippen LogP contribution >= 0.6 is 0 Å². The molecule has 11 nitrogen and oxygen atoms in total. The molecule has 0 bridgehead atoms. The monoisotopic (exact) mass is 455 g/mol. The van der Waals surface area contributed by atoms with E-state index >= 15 is 0 Å². The Labute approximate surface area is 181 Å². The van der Waals surface area contributed by atoms with E-state index in [2.05, 4.69) is 0 Å². The van der Waals surface area contributed by atoms with Gasteiger partial charge >= 0.3 is 11.6 Å². The van der Waals surface area contributed by atoms with Gasteiger partial charge in [0.05, 0.1) is 19.8 Å². The van der Waals surface area contributed by atoms with E-state index in [-0.39, 0.29) is 10.6 Å². The van der Waals surface area contributed by atoms with Crippen LogP contribution in [0.25, 0.3) is 0 Å². The van der Waals surface area contributed by atoms with Crippen molar-refractivity contribution in [1.82, 2.24) is 14.6 Å². The van der Waals surface area contributed by atoms with Gasteiger partial charge in [0.25, 0.3) is 5.56 Å². The number of aromatic nitrogens is 2. The number of aliphatic hydroxyl groups excluding tert-OH is 2. The molecule has 32 heavy (non-hydrogen) atoms. The highest BCUT2D eigenvalue weighted by molar-refractivity contribution is 5.22. The predicted octanol–water partition coefficient (Wildman–Crippen LogP) is -1.15. The highest BCUT2D eigenvalue weighted by Crippen LogP contribution is 2.43. The van der Waals surface area contributed by atoms with Gasteiger partial charge in [-0.2, -0.15) is 0 Å². The first-order valence-electron chi connectivity index (χ1n) is 9.85. The molecule has 0 amide bonds. The van der Waals surface area contributed by atoms with Crippen molar-refractivity contribution < 1.29 is 34.8 Å². The number of nitrogens with one attached hydrogen (secondary N) is 1. The third-order valence-electron chi connectivity index (χ3n) is 5.61. The molecule has 0 aliphatic carbocycles. The average Bonchev–Trinajstić information content (AvgIpc) is 2.95. The molecule has 1 fully saturated rings. The van der Waals surface area contributed by atoms with Gasteiger partial charge in [-0.25, -0.2) is 9.36 Å². The van der Waals surface area contributed by atoms with E-state index in [9.17, 15) is 39.6 Å². The summed E-state index contributed by atoms with van der Waals surface area (Å²) in [5.74, 6) is -4.16. The zero-order chi connectivity index (χ0) is 23.8. The second kappa shape index (κ2) is 8.83. The van der Waals surface area contributed by atoms with Gasteiger partial charge in [-0.1, -0.05) is 36.8 Å². The first-order valence-corrected chi connectivity index (χ1v) is 9.85. The number of nitrogens with zero attached hydrogens (tertiary/aromatic N) is 2. The normalized spacial score (nSPS) is 28.9. The lowest BCUT2D eigenvalue weighted by Crippen LogP contribution is -2.68. The minimum Gasteiger partial charge on any atom is -0.394 e.